The first-order chi connectivity index (χ1) is 12.4. The molecular weight excluding hydrogens is 402 g/mol. The van der Waals surface area contributed by atoms with Crippen molar-refractivity contribution in [1.82, 2.24) is 4.90 Å². The summed E-state index contributed by atoms with van der Waals surface area (Å²) in [6.45, 7) is 0.249. The zero-order valence-electron chi connectivity index (χ0n) is 13.5. The number of nitrogens with zero attached hydrogens (tertiary/aromatic N) is 1. The van der Waals surface area contributed by atoms with E-state index in [1.54, 1.807) is 24.3 Å². The fraction of sp³-hybridized carbons (Fsp3) is 0.312. The Bertz CT molecular complexity index is 975. The highest BCUT2D eigenvalue weighted by Crippen LogP contribution is 2.46. The van der Waals surface area contributed by atoms with Gasteiger partial charge in [0.05, 0.1) is 7.11 Å². The van der Waals surface area contributed by atoms with Gasteiger partial charge in [0.2, 0.25) is 0 Å². The third-order valence-corrected chi connectivity index (χ3v) is 6.66. The molecule has 0 saturated carbocycles. The molecule has 10 heteroatoms. The molecule has 0 radical (unpaired) electrons. The number of hydrogen-bond acceptors (Lipinski definition) is 8. The van der Waals surface area contributed by atoms with Gasteiger partial charge in [0.25, 0.3) is 5.72 Å². The largest absolute Gasteiger partial charge is 0.466 e. The van der Waals surface area contributed by atoms with Crippen LogP contribution in [0.15, 0.2) is 35.7 Å². The zero-order chi connectivity index (χ0) is 18.5. The fourth-order valence-corrected chi connectivity index (χ4v) is 5.54. The van der Waals surface area contributed by atoms with Gasteiger partial charge in [-0.1, -0.05) is 29.8 Å². The van der Waals surface area contributed by atoms with Gasteiger partial charge in [0, 0.05) is 28.4 Å². The molecule has 0 aliphatic carbocycles. The SMILES string of the molecule is COC(=O)[C@]1(c2ccccc2Cl)OS(=O)(=O)OC2Cc3sccc3CN21. The van der Waals surface area contributed by atoms with Gasteiger partial charge >= 0.3 is 16.4 Å². The van der Waals surface area contributed by atoms with Crippen molar-refractivity contribution in [3.8, 4) is 0 Å². The van der Waals surface area contributed by atoms with Gasteiger partial charge in [-0.25, -0.2) is 18.1 Å². The van der Waals surface area contributed by atoms with Crippen molar-refractivity contribution in [3.63, 3.8) is 0 Å². The number of thiophene rings is 1. The lowest BCUT2D eigenvalue weighted by molar-refractivity contribution is -0.224. The second-order valence-corrected chi connectivity index (χ2v) is 8.44. The minimum Gasteiger partial charge on any atom is -0.466 e. The Kier molecular flexibility index (Phi) is 4.33. The van der Waals surface area contributed by atoms with E-state index in [2.05, 4.69) is 0 Å². The number of fused-ring (bicyclic) bond motifs is 2. The van der Waals surface area contributed by atoms with Crippen molar-refractivity contribution in [2.24, 2.45) is 0 Å². The van der Waals surface area contributed by atoms with Gasteiger partial charge in [-0.2, -0.15) is 8.42 Å². The van der Waals surface area contributed by atoms with Crippen LogP contribution in [-0.4, -0.2) is 32.6 Å². The number of hydrogen-bond donors (Lipinski definition) is 0. The molecule has 1 unspecified atom stereocenters. The molecule has 2 aliphatic rings. The molecule has 4 rings (SSSR count). The van der Waals surface area contributed by atoms with Crippen LogP contribution >= 0.6 is 22.9 Å². The topological polar surface area (TPSA) is 82.1 Å². The van der Waals surface area contributed by atoms with E-state index in [1.165, 1.54) is 23.3 Å². The average Bonchev–Trinajstić information content (AvgIpc) is 3.05. The lowest BCUT2D eigenvalue weighted by Crippen LogP contribution is -2.64. The predicted octanol–water partition coefficient (Wildman–Crippen LogP) is 2.40. The average molecular weight is 416 g/mol. The first-order valence-corrected chi connectivity index (χ1v) is 10.3. The van der Waals surface area contributed by atoms with Crippen molar-refractivity contribution >= 4 is 39.3 Å². The summed E-state index contributed by atoms with van der Waals surface area (Å²) >= 11 is 7.81. The monoisotopic (exact) mass is 415 g/mol. The molecule has 1 fully saturated rings. The van der Waals surface area contributed by atoms with Crippen LogP contribution in [0.25, 0.3) is 0 Å². The lowest BCUT2D eigenvalue weighted by atomic mass is 9.96. The van der Waals surface area contributed by atoms with Crippen LogP contribution in [0.4, 0.5) is 0 Å². The Morgan fingerprint density at radius 1 is 1.38 bits per heavy atom. The van der Waals surface area contributed by atoms with E-state index < -0.39 is 28.3 Å². The van der Waals surface area contributed by atoms with E-state index in [0.29, 0.717) is 6.42 Å². The van der Waals surface area contributed by atoms with Crippen LogP contribution in [0.1, 0.15) is 16.0 Å². The summed E-state index contributed by atoms with van der Waals surface area (Å²) in [4.78, 5) is 15.4. The maximum absolute atomic E-state index is 12.9. The van der Waals surface area contributed by atoms with Crippen LogP contribution < -0.4 is 0 Å². The highest BCUT2D eigenvalue weighted by atomic mass is 35.5. The maximum atomic E-state index is 12.9. The molecule has 0 amide bonds. The smallest absolute Gasteiger partial charge is 0.404 e. The molecule has 2 atom stereocenters. The molecule has 26 heavy (non-hydrogen) atoms. The Morgan fingerprint density at radius 3 is 2.88 bits per heavy atom. The summed E-state index contributed by atoms with van der Waals surface area (Å²) in [5.74, 6) is -0.888. The zero-order valence-corrected chi connectivity index (χ0v) is 15.9. The van der Waals surface area contributed by atoms with Gasteiger partial charge in [-0.15, -0.1) is 11.3 Å². The highest BCUT2D eigenvalue weighted by molar-refractivity contribution is 7.82. The fourth-order valence-electron chi connectivity index (χ4n) is 3.33. The molecule has 0 bridgehead atoms. The molecule has 1 aromatic heterocycles. The van der Waals surface area contributed by atoms with Gasteiger partial charge in [-0.05, 0) is 23.1 Å². The molecule has 3 heterocycles. The number of carbonyl (C=O) groups excluding carboxylic acids is 1. The summed E-state index contributed by atoms with van der Waals surface area (Å²) in [7, 11) is -3.29. The van der Waals surface area contributed by atoms with Gasteiger partial charge < -0.3 is 4.74 Å². The molecule has 0 spiro atoms. The molecular formula is C16H14ClNO6S2. The van der Waals surface area contributed by atoms with E-state index >= 15 is 0 Å². The second-order valence-electron chi connectivity index (χ2n) is 5.86. The molecule has 1 aromatic carbocycles. The maximum Gasteiger partial charge on any atom is 0.404 e. The van der Waals surface area contributed by atoms with E-state index in [1.807, 2.05) is 11.4 Å². The van der Waals surface area contributed by atoms with E-state index in [0.717, 1.165) is 10.4 Å². The number of carbonyl (C=O) groups is 1. The Hall–Kier alpha value is -1.49. The van der Waals surface area contributed by atoms with Crippen molar-refractivity contribution in [2.75, 3.05) is 7.11 Å². The number of ether oxygens (including phenoxy) is 1. The van der Waals surface area contributed by atoms with Crippen LogP contribution in [-0.2, 0) is 47.0 Å². The van der Waals surface area contributed by atoms with Gasteiger partial charge in [0.1, 0.15) is 6.23 Å². The Balaban J connectivity index is 1.96. The van der Waals surface area contributed by atoms with Crippen LogP contribution in [0, 0.1) is 0 Å². The predicted molar refractivity (Wildman–Crippen MR) is 93.6 cm³/mol. The number of esters is 1. The van der Waals surface area contributed by atoms with Crippen molar-refractivity contribution in [1.29, 1.82) is 0 Å². The van der Waals surface area contributed by atoms with Crippen LogP contribution in [0.5, 0.6) is 0 Å². The first kappa shape index (κ1) is 17.9. The van der Waals surface area contributed by atoms with Gasteiger partial charge in [-0.3, -0.25) is 0 Å². The van der Waals surface area contributed by atoms with Crippen molar-refractivity contribution < 1.29 is 26.3 Å². The molecule has 2 aromatic rings. The number of benzene rings is 1. The van der Waals surface area contributed by atoms with Crippen LogP contribution in [0.2, 0.25) is 5.02 Å². The number of halogens is 1. The highest BCUT2D eigenvalue weighted by Gasteiger charge is 2.60. The quantitative estimate of drug-likeness (QED) is 0.696. The van der Waals surface area contributed by atoms with E-state index in [9.17, 15) is 13.2 Å². The molecule has 138 valence electrons. The summed E-state index contributed by atoms with van der Waals surface area (Å²) < 4.78 is 40.1. The van der Waals surface area contributed by atoms with Crippen molar-refractivity contribution in [2.45, 2.75) is 24.9 Å². The minimum atomic E-state index is -4.46. The second kappa shape index (κ2) is 6.29. The minimum absolute atomic E-state index is 0.184. The van der Waals surface area contributed by atoms with E-state index in [-0.39, 0.29) is 17.1 Å². The van der Waals surface area contributed by atoms with Crippen LogP contribution in [0.3, 0.4) is 0 Å². The molecule has 2 aliphatic heterocycles. The third kappa shape index (κ3) is 2.67. The van der Waals surface area contributed by atoms with Crippen molar-refractivity contribution in [3.05, 3.63) is 56.7 Å². The first-order valence-electron chi connectivity index (χ1n) is 7.66. The number of rotatable bonds is 2. The van der Waals surface area contributed by atoms with E-state index in [4.69, 9.17) is 24.7 Å². The summed E-state index contributed by atoms with van der Waals surface area (Å²) in [6, 6.07) is 8.35. The Morgan fingerprint density at radius 2 is 2.15 bits per heavy atom. The summed E-state index contributed by atoms with van der Waals surface area (Å²) in [5.41, 5.74) is -0.906. The molecule has 0 N–H and O–H groups in total. The third-order valence-electron chi connectivity index (χ3n) is 4.44. The lowest BCUT2D eigenvalue weighted by Gasteiger charge is -2.48. The Labute approximate surface area is 159 Å². The summed E-state index contributed by atoms with van der Waals surface area (Å²) in [5, 5.41) is 2.10. The molecule has 7 nitrogen and oxygen atoms in total. The number of methoxy groups -OCH3 is 1. The normalized spacial score (nSPS) is 27.4. The van der Waals surface area contributed by atoms with Gasteiger partial charge in [0.15, 0.2) is 0 Å². The standard InChI is InChI=1S/C16H14ClNO6S2/c1-22-15(19)16(11-4-2-3-5-12(11)17)18-9-10-6-7-25-13(10)8-14(18)23-26(20,21)24-16/h2-7,14H,8-9H2,1H3/t14?,16-/m0/s1. The molecule has 1 saturated heterocycles. The summed E-state index contributed by atoms with van der Waals surface area (Å²) in [6.07, 6.45) is -0.603.